The fourth-order valence-electron chi connectivity index (χ4n) is 4.67. The second-order valence-corrected chi connectivity index (χ2v) is 9.96. The van der Waals surface area contributed by atoms with Crippen molar-refractivity contribution in [3.8, 4) is 0 Å². The predicted molar refractivity (Wildman–Crippen MR) is 118 cm³/mol. The highest BCUT2D eigenvalue weighted by Gasteiger charge is 2.60. The number of amides is 2. The number of β-lactam (4-membered cyclic amide) rings is 1. The summed E-state index contributed by atoms with van der Waals surface area (Å²) < 4.78 is 5.48. The van der Waals surface area contributed by atoms with E-state index in [4.69, 9.17) is 4.74 Å². The third-order valence-corrected chi connectivity index (χ3v) is 8.13. The van der Waals surface area contributed by atoms with Gasteiger partial charge in [-0.1, -0.05) is 6.92 Å². The fraction of sp³-hybridized carbons (Fsp3) is 0.500. The van der Waals surface area contributed by atoms with Crippen LogP contribution < -0.4 is 5.32 Å². The summed E-state index contributed by atoms with van der Waals surface area (Å²) in [6.07, 6.45) is -0.539. The molecular weight excluding hydrogens is 450 g/mol. The van der Waals surface area contributed by atoms with Gasteiger partial charge in [0, 0.05) is 40.7 Å². The number of carbonyl (C=O) groups excluding carboxylic acids is 3. The summed E-state index contributed by atoms with van der Waals surface area (Å²) in [7, 11) is 0. The van der Waals surface area contributed by atoms with Crippen LogP contribution in [-0.2, 0) is 25.7 Å². The summed E-state index contributed by atoms with van der Waals surface area (Å²) in [4.78, 5) is 50.2. The van der Waals surface area contributed by atoms with E-state index in [9.17, 15) is 29.6 Å². The van der Waals surface area contributed by atoms with E-state index in [0.717, 1.165) is 0 Å². The smallest absolute Gasteiger partial charge is 0.356 e. The minimum atomic E-state index is -0.850. The van der Waals surface area contributed by atoms with E-state index >= 15 is 0 Å². The first-order valence-corrected chi connectivity index (χ1v) is 11.6. The highest BCUT2D eigenvalue weighted by atomic mass is 32.2. The van der Waals surface area contributed by atoms with Gasteiger partial charge in [-0.3, -0.25) is 19.7 Å². The molecule has 0 aliphatic carbocycles. The Bertz CT molecular complexity index is 1040. The minimum absolute atomic E-state index is 0.0604. The van der Waals surface area contributed by atoms with Crippen molar-refractivity contribution in [2.45, 2.75) is 57.2 Å². The normalized spacial score (nSPS) is 29.5. The van der Waals surface area contributed by atoms with Gasteiger partial charge in [0.15, 0.2) is 0 Å². The number of nitro benzene ring substituents is 1. The lowest BCUT2D eigenvalue weighted by Gasteiger charge is -2.46. The molecule has 0 radical (unpaired) electrons. The number of non-ortho nitro benzene ring substituents is 1. The molecule has 176 valence electrons. The van der Waals surface area contributed by atoms with Crippen molar-refractivity contribution in [1.82, 2.24) is 10.2 Å². The molecule has 0 spiro atoms. The molecule has 3 aliphatic rings. The van der Waals surface area contributed by atoms with Crippen molar-refractivity contribution in [2.75, 3.05) is 0 Å². The van der Waals surface area contributed by atoms with Crippen LogP contribution in [0.3, 0.4) is 0 Å². The van der Waals surface area contributed by atoms with Gasteiger partial charge in [-0.25, -0.2) is 4.79 Å². The lowest BCUT2D eigenvalue weighted by molar-refractivity contribution is -0.384. The fourth-order valence-corrected chi connectivity index (χ4v) is 6.15. The summed E-state index contributed by atoms with van der Waals surface area (Å²) in [5.74, 6) is -1.86. The molecular formula is C22H25N3O7S. The molecule has 3 heterocycles. The first-order valence-electron chi connectivity index (χ1n) is 10.7. The van der Waals surface area contributed by atoms with Gasteiger partial charge in [0.1, 0.15) is 12.3 Å². The number of nitrogens with zero attached hydrogens (tertiary/aromatic N) is 2. The lowest BCUT2D eigenvalue weighted by Crippen LogP contribution is -2.63. The van der Waals surface area contributed by atoms with Gasteiger partial charge in [0.25, 0.3) is 5.69 Å². The van der Waals surface area contributed by atoms with Crippen LogP contribution in [0.5, 0.6) is 0 Å². The molecule has 1 aromatic rings. The van der Waals surface area contributed by atoms with Gasteiger partial charge in [-0.15, -0.1) is 11.8 Å². The number of esters is 1. The first-order chi connectivity index (χ1) is 15.6. The highest BCUT2D eigenvalue weighted by molar-refractivity contribution is 8.03. The number of fused-ring (bicyclic) bond motifs is 1. The topological polar surface area (TPSA) is 139 Å². The van der Waals surface area contributed by atoms with Crippen LogP contribution >= 0.6 is 11.8 Å². The Hall–Kier alpha value is -2.92. The molecule has 1 aromatic carbocycles. The van der Waals surface area contributed by atoms with Gasteiger partial charge in [-0.05, 0) is 31.5 Å². The van der Waals surface area contributed by atoms with E-state index < -0.39 is 22.9 Å². The third-order valence-electron chi connectivity index (χ3n) is 6.43. The Kier molecular flexibility index (Phi) is 6.19. The maximum absolute atomic E-state index is 13.1. The number of nitro groups is 1. The zero-order valence-corrected chi connectivity index (χ0v) is 19.2. The van der Waals surface area contributed by atoms with Crippen LogP contribution in [0.2, 0.25) is 0 Å². The third kappa shape index (κ3) is 4.10. The number of hydrogen-bond acceptors (Lipinski definition) is 8. The van der Waals surface area contributed by atoms with Crippen LogP contribution in [-0.4, -0.2) is 56.2 Å². The van der Waals surface area contributed by atoms with Gasteiger partial charge >= 0.3 is 5.97 Å². The van der Waals surface area contributed by atoms with Crippen molar-refractivity contribution in [2.24, 2.45) is 11.8 Å². The van der Waals surface area contributed by atoms with Crippen LogP contribution in [0.15, 0.2) is 34.9 Å². The van der Waals surface area contributed by atoms with Crippen LogP contribution in [0.25, 0.3) is 0 Å². The van der Waals surface area contributed by atoms with Crippen LogP contribution in [0, 0.1) is 22.0 Å². The molecule has 0 aromatic heterocycles. The molecule has 33 heavy (non-hydrogen) atoms. The Balaban J connectivity index is 1.57. The lowest BCUT2D eigenvalue weighted by atomic mass is 9.79. The average Bonchev–Trinajstić information content (AvgIpc) is 3.20. The van der Waals surface area contributed by atoms with E-state index in [2.05, 4.69) is 5.32 Å². The zero-order chi connectivity index (χ0) is 24.0. The SMILES string of the molecule is C[C@@H]1NC(=O)C[C@@H]1SC1=C(C(=O)OCc2ccc([N+](=O)[O-])cc2)N2C(=O)[C@H]([C@@H](C)O)[C@H]2[C@H]1C. The van der Waals surface area contributed by atoms with Crippen LogP contribution in [0.4, 0.5) is 5.69 Å². The number of thioether (sulfide) groups is 1. The molecule has 2 N–H and O–H groups in total. The van der Waals surface area contributed by atoms with Crippen LogP contribution in [0.1, 0.15) is 32.8 Å². The Morgan fingerprint density at radius 1 is 1.33 bits per heavy atom. The van der Waals surface area contributed by atoms with Gasteiger partial charge in [0.05, 0.1) is 23.0 Å². The standard InChI is InChI=1S/C22H25N3O7S/c1-10-18-17(12(3)26)21(28)24(18)19(20(10)33-15-8-16(27)23-11(15)2)22(29)32-9-13-4-6-14(7-5-13)25(30)31/h4-7,10-12,15,17-18,26H,8-9H2,1-3H3,(H,23,27)/t10-,11+,12-,15+,17-,18-/m1/s1. The van der Waals surface area contributed by atoms with E-state index in [1.54, 1.807) is 6.92 Å². The number of benzene rings is 1. The van der Waals surface area contributed by atoms with Crippen molar-refractivity contribution >= 4 is 35.2 Å². The van der Waals surface area contributed by atoms with E-state index in [1.807, 2.05) is 13.8 Å². The van der Waals surface area contributed by atoms with E-state index in [0.29, 0.717) is 16.9 Å². The Labute approximate surface area is 194 Å². The molecule has 6 atom stereocenters. The number of hydrogen-bond donors (Lipinski definition) is 2. The quantitative estimate of drug-likeness (QED) is 0.263. The monoisotopic (exact) mass is 475 g/mol. The van der Waals surface area contributed by atoms with E-state index in [-0.39, 0.29) is 53.1 Å². The first kappa shape index (κ1) is 23.2. The molecule has 4 rings (SSSR count). The summed E-state index contributed by atoms with van der Waals surface area (Å²) in [6, 6.07) is 5.24. The summed E-state index contributed by atoms with van der Waals surface area (Å²) in [5.41, 5.74) is 0.665. The molecule has 2 amide bonds. The minimum Gasteiger partial charge on any atom is -0.456 e. The van der Waals surface area contributed by atoms with Gasteiger partial charge in [-0.2, -0.15) is 0 Å². The highest BCUT2D eigenvalue weighted by Crippen LogP contribution is 2.52. The summed E-state index contributed by atoms with van der Waals surface area (Å²) >= 11 is 1.41. The number of ether oxygens (including phenoxy) is 1. The summed E-state index contributed by atoms with van der Waals surface area (Å²) in [5, 5.41) is 23.7. The largest absolute Gasteiger partial charge is 0.456 e. The molecule has 3 aliphatic heterocycles. The number of rotatable bonds is 7. The molecule has 11 heteroatoms. The van der Waals surface area contributed by atoms with Crippen molar-refractivity contribution < 1.29 is 29.2 Å². The van der Waals surface area contributed by atoms with Crippen molar-refractivity contribution in [3.63, 3.8) is 0 Å². The molecule has 10 nitrogen and oxygen atoms in total. The second kappa shape index (κ2) is 8.79. The summed E-state index contributed by atoms with van der Waals surface area (Å²) in [6.45, 7) is 5.26. The van der Waals surface area contributed by atoms with Gasteiger partial charge < -0.3 is 20.1 Å². The Morgan fingerprint density at radius 2 is 2.00 bits per heavy atom. The molecule has 0 unspecified atom stereocenters. The predicted octanol–water partition coefficient (Wildman–Crippen LogP) is 1.72. The van der Waals surface area contributed by atoms with E-state index in [1.165, 1.54) is 40.9 Å². The Morgan fingerprint density at radius 3 is 2.55 bits per heavy atom. The van der Waals surface area contributed by atoms with Gasteiger partial charge in [0.2, 0.25) is 11.8 Å². The molecule has 2 saturated heterocycles. The number of aliphatic hydroxyl groups is 1. The second-order valence-electron chi connectivity index (χ2n) is 8.68. The zero-order valence-electron chi connectivity index (χ0n) is 18.4. The van der Waals surface area contributed by atoms with Crippen molar-refractivity contribution in [1.29, 1.82) is 0 Å². The maximum Gasteiger partial charge on any atom is 0.356 e. The maximum atomic E-state index is 13.1. The molecule has 2 fully saturated rings. The molecule has 0 bridgehead atoms. The number of carbonyl (C=O) groups is 3. The molecule has 0 saturated carbocycles. The number of nitrogens with one attached hydrogen (secondary N) is 1. The number of aliphatic hydroxyl groups excluding tert-OH is 1. The van der Waals surface area contributed by atoms with Crippen molar-refractivity contribution in [3.05, 3.63) is 50.5 Å². The average molecular weight is 476 g/mol.